The molecule has 0 unspecified atom stereocenters. The van der Waals surface area contributed by atoms with Crippen molar-refractivity contribution >= 4 is 33.5 Å². The summed E-state index contributed by atoms with van der Waals surface area (Å²) in [5, 5.41) is 9.01. The third-order valence-electron chi connectivity index (χ3n) is 3.27. The predicted octanol–water partition coefficient (Wildman–Crippen LogP) is 4.46. The molecule has 0 amide bonds. The fraction of sp³-hybridized carbons (Fsp3) is 0.118. The van der Waals surface area contributed by atoms with E-state index in [4.69, 9.17) is 4.42 Å². The molecule has 0 fully saturated rings. The van der Waals surface area contributed by atoms with E-state index >= 15 is 0 Å². The lowest BCUT2D eigenvalue weighted by Crippen LogP contribution is -2.05. The van der Waals surface area contributed by atoms with E-state index in [0.717, 1.165) is 4.47 Å². The lowest BCUT2D eigenvalue weighted by molar-refractivity contribution is 0.102. The van der Waals surface area contributed by atoms with Gasteiger partial charge in [0.2, 0.25) is 5.82 Å². The summed E-state index contributed by atoms with van der Waals surface area (Å²) in [5.41, 5.74) is 0.673. The highest BCUT2D eigenvalue weighted by Gasteiger charge is 2.17. The van der Waals surface area contributed by atoms with Gasteiger partial charge in [0.25, 0.3) is 0 Å². The predicted molar refractivity (Wildman–Crippen MR) is 97.1 cm³/mol. The molecule has 0 aliphatic rings. The van der Waals surface area contributed by atoms with Crippen molar-refractivity contribution in [3.8, 4) is 11.6 Å². The Kier molecular flexibility index (Phi) is 5.32. The van der Waals surface area contributed by atoms with Gasteiger partial charge >= 0.3 is 0 Å². The number of furan rings is 1. The lowest BCUT2D eigenvalue weighted by atomic mass is 10.2. The van der Waals surface area contributed by atoms with Crippen LogP contribution in [0.15, 0.2) is 69.4 Å². The van der Waals surface area contributed by atoms with Crippen LogP contribution in [0.2, 0.25) is 0 Å². The molecule has 0 N–H and O–H groups in total. The number of halogens is 1. The number of benzene rings is 1. The maximum absolute atomic E-state index is 12.3. The zero-order valence-electron chi connectivity index (χ0n) is 12.7. The van der Waals surface area contributed by atoms with Crippen molar-refractivity contribution in [1.29, 1.82) is 0 Å². The summed E-state index contributed by atoms with van der Waals surface area (Å²) in [5.74, 6) is 1.59. The molecule has 0 bridgehead atoms. The molecule has 2 aromatic heterocycles. The Bertz CT molecular complexity index is 841. The summed E-state index contributed by atoms with van der Waals surface area (Å²) < 4.78 is 8.21. The molecule has 122 valence electrons. The molecule has 1 aromatic carbocycles. The first-order valence-electron chi connectivity index (χ1n) is 7.18. The molecule has 3 rings (SSSR count). The van der Waals surface area contributed by atoms with Gasteiger partial charge in [0.1, 0.15) is 0 Å². The minimum atomic E-state index is 0.0419. The van der Waals surface area contributed by atoms with Crippen molar-refractivity contribution in [1.82, 2.24) is 14.8 Å². The van der Waals surface area contributed by atoms with E-state index in [1.165, 1.54) is 11.8 Å². The van der Waals surface area contributed by atoms with Gasteiger partial charge in [-0.05, 0) is 24.3 Å². The van der Waals surface area contributed by atoms with E-state index in [0.29, 0.717) is 28.8 Å². The number of allylic oxidation sites excluding steroid dienone is 1. The van der Waals surface area contributed by atoms with Crippen molar-refractivity contribution in [3.63, 3.8) is 0 Å². The fourth-order valence-corrected chi connectivity index (χ4v) is 3.23. The van der Waals surface area contributed by atoms with Gasteiger partial charge in [0.05, 0.1) is 12.0 Å². The first-order valence-corrected chi connectivity index (χ1v) is 8.96. The van der Waals surface area contributed by atoms with Gasteiger partial charge in [-0.15, -0.1) is 16.8 Å². The molecule has 0 spiro atoms. The number of hydrogen-bond acceptors (Lipinski definition) is 5. The summed E-state index contributed by atoms with van der Waals surface area (Å²) in [7, 11) is 0. The number of Topliss-reactive ketones (excluding diaryl/α,β-unsaturated/α-hetero) is 1. The fourth-order valence-electron chi connectivity index (χ4n) is 2.13. The second kappa shape index (κ2) is 7.63. The molecule has 0 aliphatic carbocycles. The number of rotatable bonds is 7. The second-order valence-electron chi connectivity index (χ2n) is 4.90. The van der Waals surface area contributed by atoms with E-state index in [9.17, 15) is 4.79 Å². The van der Waals surface area contributed by atoms with Crippen molar-refractivity contribution in [2.75, 3.05) is 5.75 Å². The molecule has 24 heavy (non-hydrogen) atoms. The third kappa shape index (κ3) is 3.68. The molecule has 7 heteroatoms. The van der Waals surface area contributed by atoms with Crippen molar-refractivity contribution in [2.24, 2.45) is 0 Å². The first-order chi connectivity index (χ1) is 11.7. The van der Waals surface area contributed by atoms with Crippen LogP contribution in [0.5, 0.6) is 0 Å². The Morgan fingerprint density at radius 2 is 2.08 bits per heavy atom. The van der Waals surface area contributed by atoms with Crippen LogP contribution in [-0.4, -0.2) is 26.3 Å². The van der Waals surface area contributed by atoms with Crippen LogP contribution >= 0.6 is 27.7 Å². The lowest BCUT2D eigenvalue weighted by Gasteiger charge is -2.06. The van der Waals surface area contributed by atoms with Gasteiger partial charge in [0.15, 0.2) is 16.7 Å². The monoisotopic (exact) mass is 403 g/mol. The average molecular weight is 404 g/mol. The number of ketones is 1. The van der Waals surface area contributed by atoms with Gasteiger partial charge < -0.3 is 4.42 Å². The van der Waals surface area contributed by atoms with Gasteiger partial charge in [-0.1, -0.05) is 45.9 Å². The molecular formula is C17H14BrN3O2S. The Labute approximate surface area is 151 Å². The normalized spacial score (nSPS) is 10.7. The van der Waals surface area contributed by atoms with Crippen LogP contribution in [-0.2, 0) is 6.54 Å². The molecule has 5 nitrogen and oxygen atoms in total. The quantitative estimate of drug-likeness (QED) is 0.331. The largest absolute Gasteiger partial charge is 0.461 e. The molecule has 0 aliphatic heterocycles. The maximum atomic E-state index is 12.3. The van der Waals surface area contributed by atoms with Gasteiger partial charge in [-0.3, -0.25) is 9.36 Å². The smallest absolute Gasteiger partial charge is 0.200 e. The van der Waals surface area contributed by atoms with Crippen LogP contribution in [0.3, 0.4) is 0 Å². The highest BCUT2D eigenvalue weighted by Crippen LogP contribution is 2.25. The molecule has 0 saturated carbocycles. The molecule has 3 aromatic rings. The number of hydrogen-bond donors (Lipinski definition) is 0. The summed E-state index contributed by atoms with van der Waals surface area (Å²) in [6.07, 6.45) is 3.35. The molecule has 0 radical (unpaired) electrons. The zero-order valence-corrected chi connectivity index (χ0v) is 15.1. The number of aromatic nitrogens is 3. The Balaban J connectivity index is 1.76. The van der Waals surface area contributed by atoms with Crippen LogP contribution in [0.25, 0.3) is 11.6 Å². The van der Waals surface area contributed by atoms with Gasteiger partial charge in [-0.25, -0.2) is 0 Å². The first kappa shape index (κ1) is 16.7. The maximum Gasteiger partial charge on any atom is 0.200 e. The van der Waals surface area contributed by atoms with Crippen molar-refractivity contribution in [3.05, 3.63) is 65.4 Å². The minimum absolute atomic E-state index is 0.0419. The Morgan fingerprint density at radius 3 is 2.75 bits per heavy atom. The third-order valence-corrected chi connectivity index (χ3v) is 4.76. The average Bonchev–Trinajstić information content (AvgIpc) is 3.23. The van der Waals surface area contributed by atoms with Gasteiger partial charge in [-0.2, -0.15) is 0 Å². The highest BCUT2D eigenvalue weighted by atomic mass is 79.9. The second-order valence-corrected chi connectivity index (χ2v) is 6.76. The van der Waals surface area contributed by atoms with Crippen LogP contribution in [0.4, 0.5) is 0 Å². The topological polar surface area (TPSA) is 60.9 Å². The van der Waals surface area contributed by atoms with E-state index in [1.54, 1.807) is 30.5 Å². The molecular weight excluding hydrogens is 390 g/mol. The van der Waals surface area contributed by atoms with E-state index in [1.807, 2.05) is 22.8 Å². The van der Waals surface area contributed by atoms with Crippen molar-refractivity contribution in [2.45, 2.75) is 11.7 Å². The summed E-state index contributed by atoms with van der Waals surface area (Å²) in [4.78, 5) is 12.3. The van der Waals surface area contributed by atoms with E-state index in [2.05, 4.69) is 32.7 Å². The number of carbonyl (C=O) groups is 1. The molecule has 0 atom stereocenters. The Hall–Kier alpha value is -2.12. The number of nitrogens with zero attached hydrogens (tertiary/aromatic N) is 3. The minimum Gasteiger partial charge on any atom is -0.461 e. The van der Waals surface area contributed by atoms with E-state index in [-0.39, 0.29) is 11.5 Å². The van der Waals surface area contributed by atoms with Crippen LogP contribution in [0.1, 0.15) is 10.4 Å². The zero-order chi connectivity index (χ0) is 16.9. The number of thioether (sulfide) groups is 1. The van der Waals surface area contributed by atoms with Crippen LogP contribution < -0.4 is 0 Å². The van der Waals surface area contributed by atoms with Crippen LogP contribution in [0, 0.1) is 0 Å². The van der Waals surface area contributed by atoms with Gasteiger partial charge in [0, 0.05) is 16.6 Å². The van der Waals surface area contributed by atoms with Crippen molar-refractivity contribution < 1.29 is 9.21 Å². The SMILES string of the molecule is C=CCn1c(SCC(=O)c2ccc(Br)cc2)nnc1-c1ccco1. The van der Waals surface area contributed by atoms with E-state index < -0.39 is 0 Å². The standard InChI is InChI=1S/C17H14BrN3O2S/c1-2-9-21-16(15-4-3-10-23-15)19-20-17(21)24-11-14(22)12-5-7-13(18)8-6-12/h2-8,10H,1,9,11H2. The number of carbonyl (C=O) groups excluding carboxylic acids is 1. The molecule has 0 saturated heterocycles. The summed E-state index contributed by atoms with van der Waals surface area (Å²) >= 11 is 4.71. The summed E-state index contributed by atoms with van der Waals surface area (Å²) in [6, 6.07) is 10.9. The highest BCUT2D eigenvalue weighted by molar-refractivity contribution is 9.10. The molecule has 2 heterocycles. The summed E-state index contributed by atoms with van der Waals surface area (Å²) in [6.45, 7) is 4.30. The Morgan fingerprint density at radius 1 is 1.29 bits per heavy atom.